The first kappa shape index (κ1) is 15.6. The van der Waals surface area contributed by atoms with Gasteiger partial charge in [-0.05, 0) is 29.8 Å². The van der Waals surface area contributed by atoms with Crippen molar-refractivity contribution in [3.8, 4) is 16.9 Å². The predicted molar refractivity (Wildman–Crippen MR) is 96.0 cm³/mol. The Labute approximate surface area is 146 Å². The Morgan fingerprint density at radius 2 is 1.96 bits per heavy atom. The van der Waals surface area contributed by atoms with E-state index in [0.717, 1.165) is 17.8 Å². The van der Waals surface area contributed by atoms with Gasteiger partial charge in [-0.1, -0.05) is 24.3 Å². The summed E-state index contributed by atoms with van der Waals surface area (Å²) in [5.74, 6) is -0.0976. The number of benzene rings is 2. The van der Waals surface area contributed by atoms with Crippen LogP contribution in [0, 0.1) is 0 Å². The van der Waals surface area contributed by atoms with Gasteiger partial charge in [0.1, 0.15) is 0 Å². The molecule has 5 heteroatoms. The summed E-state index contributed by atoms with van der Waals surface area (Å²) in [5, 5.41) is 7.36. The molecule has 0 atom stereocenters. The molecule has 126 valence electrons. The molecule has 2 aromatic carbocycles. The van der Waals surface area contributed by atoms with Gasteiger partial charge in [0.2, 0.25) is 0 Å². The first-order chi connectivity index (χ1) is 12.3. The number of aromatic nitrogens is 2. The zero-order valence-electron chi connectivity index (χ0n) is 14.0. The number of hydrogen-bond acceptors (Lipinski definition) is 3. The molecular formula is C20H19N3O2. The van der Waals surface area contributed by atoms with Gasteiger partial charge in [0.05, 0.1) is 24.2 Å². The van der Waals surface area contributed by atoms with Crippen molar-refractivity contribution < 1.29 is 9.53 Å². The maximum absolute atomic E-state index is 12.1. The molecule has 0 saturated heterocycles. The zero-order valence-corrected chi connectivity index (χ0v) is 14.0. The van der Waals surface area contributed by atoms with E-state index < -0.39 is 0 Å². The van der Waals surface area contributed by atoms with Crippen LogP contribution in [0.15, 0.2) is 54.7 Å². The molecule has 1 amide bonds. The Kier molecular flexibility index (Phi) is 4.07. The van der Waals surface area contributed by atoms with Gasteiger partial charge in [-0.2, -0.15) is 5.10 Å². The van der Waals surface area contributed by atoms with Gasteiger partial charge in [0.15, 0.2) is 0 Å². The number of methoxy groups -OCH3 is 1. The molecule has 5 nitrogen and oxygen atoms in total. The topological polar surface area (TPSA) is 56.1 Å². The number of fused-ring (bicyclic) bond motifs is 3. The summed E-state index contributed by atoms with van der Waals surface area (Å²) in [7, 11) is 1.61. The minimum absolute atomic E-state index is 0.0976. The molecule has 0 aliphatic heterocycles. The fraction of sp³-hybridized carbons (Fsp3) is 0.200. The molecule has 0 radical (unpaired) electrons. The standard InChI is InChI=1S/C20H19N3O2/c1-25-11-10-21-20(24)14-6-8-17(9-7-14)23-19-16(13-22-23)12-15-4-2-3-5-18(15)19/h2-9,13H,10-12H2,1H3,(H,21,24). The normalized spacial score (nSPS) is 11.9. The SMILES string of the molecule is COCCNC(=O)c1ccc(-n2ncc3c2-c2ccccc2C3)cc1. The van der Waals surface area contributed by atoms with E-state index in [2.05, 4.69) is 34.7 Å². The average molecular weight is 333 g/mol. The summed E-state index contributed by atoms with van der Waals surface area (Å²) in [4.78, 5) is 12.1. The highest BCUT2D eigenvalue weighted by atomic mass is 16.5. The van der Waals surface area contributed by atoms with E-state index in [1.807, 2.05) is 35.1 Å². The number of ether oxygens (including phenoxy) is 1. The predicted octanol–water partition coefficient (Wildman–Crippen LogP) is 2.82. The van der Waals surface area contributed by atoms with Crippen LogP contribution in [0.1, 0.15) is 21.5 Å². The largest absolute Gasteiger partial charge is 0.383 e. The van der Waals surface area contributed by atoms with Crippen LogP contribution in [0.4, 0.5) is 0 Å². The van der Waals surface area contributed by atoms with E-state index >= 15 is 0 Å². The minimum Gasteiger partial charge on any atom is -0.383 e. The number of carbonyl (C=O) groups is 1. The number of hydrogen-bond donors (Lipinski definition) is 1. The summed E-state index contributed by atoms with van der Waals surface area (Å²) in [6.45, 7) is 1.00. The Morgan fingerprint density at radius 3 is 2.76 bits per heavy atom. The van der Waals surface area contributed by atoms with Crippen molar-refractivity contribution in [3.63, 3.8) is 0 Å². The van der Waals surface area contributed by atoms with Crippen LogP contribution in [0.2, 0.25) is 0 Å². The molecule has 0 bridgehead atoms. The fourth-order valence-corrected chi connectivity index (χ4v) is 3.23. The second kappa shape index (κ2) is 6.53. The number of carbonyl (C=O) groups excluding carboxylic acids is 1. The van der Waals surface area contributed by atoms with Crippen LogP contribution >= 0.6 is 0 Å². The first-order valence-corrected chi connectivity index (χ1v) is 8.30. The molecule has 1 heterocycles. The molecule has 0 spiro atoms. The summed E-state index contributed by atoms with van der Waals surface area (Å²) in [5.41, 5.74) is 6.53. The Morgan fingerprint density at radius 1 is 1.16 bits per heavy atom. The number of rotatable bonds is 5. The van der Waals surface area contributed by atoms with E-state index in [9.17, 15) is 4.79 Å². The van der Waals surface area contributed by atoms with Crippen molar-refractivity contribution in [2.45, 2.75) is 6.42 Å². The van der Waals surface area contributed by atoms with Crippen LogP contribution < -0.4 is 5.32 Å². The van der Waals surface area contributed by atoms with E-state index in [0.29, 0.717) is 18.7 Å². The van der Waals surface area contributed by atoms with Crippen LogP contribution in [-0.4, -0.2) is 35.9 Å². The van der Waals surface area contributed by atoms with E-state index in [1.54, 1.807) is 7.11 Å². The lowest BCUT2D eigenvalue weighted by atomic mass is 10.1. The highest BCUT2D eigenvalue weighted by molar-refractivity contribution is 5.94. The zero-order chi connectivity index (χ0) is 17.2. The van der Waals surface area contributed by atoms with Crippen LogP contribution in [-0.2, 0) is 11.2 Å². The van der Waals surface area contributed by atoms with Gasteiger partial charge in [-0.15, -0.1) is 0 Å². The molecular weight excluding hydrogens is 314 g/mol. The van der Waals surface area contributed by atoms with E-state index in [-0.39, 0.29) is 5.91 Å². The van der Waals surface area contributed by atoms with Gasteiger partial charge in [-0.25, -0.2) is 4.68 Å². The van der Waals surface area contributed by atoms with Crippen LogP contribution in [0.25, 0.3) is 16.9 Å². The molecule has 1 aliphatic rings. The Hall–Kier alpha value is -2.92. The van der Waals surface area contributed by atoms with Crippen LogP contribution in [0.5, 0.6) is 0 Å². The molecule has 1 aromatic heterocycles. The van der Waals surface area contributed by atoms with Crippen LogP contribution in [0.3, 0.4) is 0 Å². The minimum atomic E-state index is -0.0976. The Bertz CT molecular complexity index is 913. The molecule has 25 heavy (non-hydrogen) atoms. The summed E-state index contributed by atoms with van der Waals surface area (Å²) < 4.78 is 6.89. The quantitative estimate of drug-likeness (QED) is 0.571. The lowest BCUT2D eigenvalue weighted by molar-refractivity contribution is 0.0937. The van der Waals surface area contributed by atoms with Gasteiger partial charge in [0, 0.05) is 36.8 Å². The maximum atomic E-state index is 12.1. The molecule has 1 aliphatic carbocycles. The second-order valence-electron chi connectivity index (χ2n) is 6.06. The number of nitrogens with one attached hydrogen (secondary N) is 1. The van der Waals surface area contributed by atoms with Crippen molar-refractivity contribution >= 4 is 5.91 Å². The lowest BCUT2D eigenvalue weighted by Gasteiger charge is -2.09. The fourth-order valence-electron chi connectivity index (χ4n) is 3.23. The first-order valence-electron chi connectivity index (χ1n) is 8.30. The molecule has 0 unspecified atom stereocenters. The van der Waals surface area contributed by atoms with Crippen molar-refractivity contribution in [1.82, 2.24) is 15.1 Å². The molecule has 1 N–H and O–H groups in total. The van der Waals surface area contributed by atoms with Gasteiger partial charge in [-0.3, -0.25) is 4.79 Å². The highest BCUT2D eigenvalue weighted by Crippen LogP contribution is 2.37. The molecule has 4 rings (SSSR count). The second-order valence-corrected chi connectivity index (χ2v) is 6.06. The van der Waals surface area contributed by atoms with Crippen molar-refractivity contribution in [3.05, 3.63) is 71.4 Å². The smallest absolute Gasteiger partial charge is 0.251 e. The molecule has 0 saturated carbocycles. The van der Waals surface area contributed by atoms with E-state index in [1.165, 1.54) is 16.7 Å². The third-order valence-electron chi connectivity index (χ3n) is 4.46. The van der Waals surface area contributed by atoms with Gasteiger partial charge in [0.25, 0.3) is 5.91 Å². The van der Waals surface area contributed by atoms with Crippen molar-refractivity contribution in [2.24, 2.45) is 0 Å². The molecule has 0 fully saturated rings. The number of amides is 1. The molecule has 3 aromatic rings. The monoisotopic (exact) mass is 333 g/mol. The van der Waals surface area contributed by atoms with Crippen molar-refractivity contribution in [2.75, 3.05) is 20.3 Å². The third-order valence-corrected chi connectivity index (χ3v) is 4.46. The van der Waals surface area contributed by atoms with E-state index in [4.69, 9.17) is 4.74 Å². The highest BCUT2D eigenvalue weighted by Gasteiger charge is 2.23. The summed E-state index contributed by atoms with van der Waals surface area (Å²) in [6.07, 6.45) is 2.85. The average Bonchev–Trinajstić information content (AvgIpc) is 3.21. The number of nitrogens with zero attached hydrogens (tertiary/aromatic N) is 2. The van der Waals surface area contributed by atoms with Gasteiger partial charge >= 0.3 is 0 Å². The maximum Gasteiger partial charge on any atom is 0.251 e. The Balaban J connectivity index is 1.60. The third kappa shape index (κ3) is 2.83. The summed E-state index contributed by atoms with van der Waals surface area (Å²) in [6, 6.07) is 15.9. The van der Waals surface area contributed by atoms with Gasteiger partial charge < -0.3 is 10.1 Å². The van der Waals surface area contributed by atoms with Crippen molar-refractivity contribution in [1.29, 1.82) is 0 Å². The summed E-state index contributed by atoms with van der Waals surface area (Å²) >= 11 is 0. The lowest BCUT2D eigenvalue weighted by Crippen LogP contribution is -2.26.